The number of hydrogen-bond donors (Lipinski definition) is 0. The van der Waals surface area contributed by atoms with Crippen molar-refractivity contribution in [1.29, 1.82) is 0 Å². The van der Waals surface area contributed by atoms with Crippen LogP contribution in [-0.2, 0) is 21.7 Å². The van der Waals surface area contributed by atoms with Gasteiger partial charge in [0.15, 0.2) is 0 Å². The predicted molar refractivity (Wildman–Crippen MR) is 191 cm³/mol. The highest BCUT2D eigenvalue weighted by Gasteiger charge is 2.30. The van der Waals surface area contributed by atoms with Gasteiger partial charge in [-0.25, -0.2) is 0 Å². The predicted octanol–water partition coefficient (Wildman–Crippen LogP) is 12.2. The summed E-state index contributed by atoms with van der Waals surface area (Å²) in [4.78, 5) is 0. The topological polar surface area (TPSA) is 0 Å². The van der Waals surface area contributed by atoms with Crippen LogP contribution in [0.1, 0.15) is 176 Å². The summed E-state index contributed by atoms with van der Waals surface area (Å²) in [5.74, 6) is 0. The average Bonchev–Trinajstić information content (AvgIpc) is 2.84. The Kier molecular flexibility index (Phi) is 13.2. The summed E-state index contributed by atoms with van der Waals surface area (Å²) in [6.45, 7) is 30.9. The smallest absolute Gasteiger partial charge is 0.0125 e. The molecule has 0 aliphatic rings. The van der Waals surface area contributed by atoms with Gasteiger partial charge in [0.05, 0.1) is 0 Å². The normalized spacial score (nSPS) is 13.3. The highest BCUT2D eigenvalue weighted by molar-refractivity contribution is 7.73. The molecule has 0 spiro atoms. The molecule has 0 aromatic heterocycles. The molecule has 0 saturated heterocycles. The van der Waals surface area contributed by atoms with Gasteiger partial charge in [0.2, 0.25) is 0 Å². The van der Waals surface area contributed by atoms with Crippen LogP contribution in [0.2, 0.25) is 0 Å². The molecule has 0 fully saturated rings. The zero-order valence-electron chi connectivity index (χ0n) is 29.7. The van der Waals surface area contributed by atoms with E-state index in [1.807, 2.05) is 0 Å². The summed E-state index contributed by atoms with van der Waals surface area (Å²) in [6.07, 6.45) is 15.2. The number of benzene rings is 2. The van der Waals surface area contributed by atoms with Crippen molar-refractivity contribution >= 4 is 18.5 Å². The first kappa shape index (κ1) is 36.1. The van der Waals surface area contributed by atoms with Crippen LogP contribution in [-0.4, -0.2) is 6.16 Å². The third-order valence-electron chi connectivity index (χ3n) is 8.66. The van der Waals surface area contributed by atoms with Crippen molar-refractivity contribution in [3.8, 4) is 0 Å². The molecule has 0 heterocycles. The van der Waals surface area contributed by atoms with E-state index < -0.39 is 7.92 Å². The van der Waals surface area contributed by atoms with Gasteiger partial charge in [-0.2, -0.15) is 0 Å². The van der Waals surface area contributed by atoms with E-state index in [0.29, 0.717) is 0 Å². The van der Waals surface area contributed by atoms with Crippen molar-refractivity contribution in [3.63, 3.8) is 0 Å². The fourth-order valence-electron chi connectivity index (χ4n) is 5.81. The van der Waals surface area contributed by atoms with Crippen LogP contribution in [0, 0.1) is 0 Å². The van der Waals surface area contributed by atoms with E-state index in [2.05, 4.69) is 126 Å². The molecule has 2 aromatic rings. The Balaban J connectivity index is 2.47. The quantitative estimate of drug-likeness (QED) is 0.164. The molecule has 0 atom stereocenters. The summed E-state index contributed by atoms with van der Waals surface area (Å²) in [5, 5.41) is 3.23. The highest BCUT2D eigenvalue weighted by Crippen LogP contribution is 2.44. The Morgan fingerprint density at radius 1 is 0.439 bits per heavy atom. The van der Waals surface area contributed by atoms with E-state index in [1.54, 1.807) is 21.7 Å². The largest absolute Gasteiger partial charge is 0.0654 e. The Hall–Kier alpha value is -1.13. The molecular formula is C40H67P. The Morgan fingerprint density at radius 3 is 1.10 bits per heavy atom. The molecular weight excluding hydrogens is 511 g/mol. The lowest BCUT2D eigenvalue weighted by atomic mass is 9.80. The number of hydrogen-bond acceptors (Lipinski definition) is 0. The van der Waals surface area contributed by atoms with Crippen molar-refractivity contribution in [2.24, 2.45) is 0 Å². The zero-order valence-corrected chi connectivity index (χ0v) is 30.6. The van der Waals surface area contributed by atoms with Crippen LogP contribution < -0.4 is 10.6 Å². The van der Waals surface area contributed by atoms with Crippen molar-refractivity contribution in [1.82, 2.24) is 0 Å². The van der Waals surface area contributed by atoms with E-state index in [4.69, 9.17) is 0 Å². The summed E-state index contributed by atoms with van der Waals surface area (Å²) in [5.41, 5.74) is 6.57. The van der Waals surface area contributed by atoms with Gasteiger partial charge in [-0.15, -0.1) is 0 Å². The molecule has 0 bridgehead atoms. The molecule has 0 unspecified atom stereocenters. The number of rotatable bonds is 13. The molecule has 1 heteroatoms. The van der Waals surface area contributed by atoms with Crippen LogP contribution in [0.25, 0.3) is 0 Å². The summed E-state index contributed by atoms with van der Waals surface area (Å²) in [7, 11) is -0.452. The maximum atomic E-state index is 2.56. The minimum absolute atomic E-state index is 0.113. The lowest BCUT2D eigenvalue weighted by Gasteiger charge is -2.34. The van der Waals surface area contributed by atoms with Gasteiger partial charge in [0.1, 0.15) is 0 Å². The van der Waals surface area contributed by atoms with E-state index in [0.717, 1.165) is 0 Å². The minimum Gasteiger partial charge on any atom is -0.0654 e. The van der Waals surface area contributed by atoms with Crippen molar-refractivity contribution in [2.45, 2.75) is 176 Å². The third kappa shape index (κ3) is 11.1. The molecule has 41 heavy (non-hydrogen) atoms. The molecule has 0 aliphatic carbocycles. The minimum atomic E-state index is -0.452. The molecule has 0 radical (unpaired) electrons. The van der Waals surface area contributed by atoms with Crippen LogP contribution in [0.5, 0.6) is 0 Å². The van der Waals surface area contributed by atoms with Gasteiger partial charge >= 0.3 is 0 Å². The fraction of sp³-hybridized carbons (Fsp3) is 0.700. The second-order valence-corrected chi connectivity index (χ2v) is 19.1. The lowest BCUT2D eigenvalue weighted by molar-refractivity contribution is 0.562. The Morgan fingerprint density at radius 2 is 0.780 bits per heavy atom. The van der Waals surface area contributed by atoms with Gasteiger partial charge < -0.3 is 0 Å². The Labute approximate surface area is 258 Å². The zero-order chi connectivity index (χ0) is 31.1. The molecule has 0 aliphatic heterocycles. The molecule has 0 saturated carbocycles. The highest BCUT2D eigenvalue weighted by atomic mass is 31.1. The first-order chi connectivity index (χ1) is 18.9. The monoisotopic (exact) mass is 578 g/mol. The summed E-state index contributed by atoms with van der Waals surface area (Å²) >= 11 is 0. The molecule has 0 nitrogen and oxygen atoms in total. The van der Waals surface area contributed by atoms with Gasteiger partial charge in [0.25, 0.3) is 0 Å². The third-order valence-corrected chi connectivity index (χ3v) is 11.4. The van der Waals surface area contributed by atoms with E-state index >= 15 is 0 Å². The summed E-state index contributed by atoms with van der Waals surface area (Å²) < 4.78 is 0. The van der Waals surface area contributed by atoms with Crippen LogP contribution >= 0.6 is 7.92 Å². The molecule has 232 valence electrons. The second kappa shape index (κ2) is 15.0. The van der Waals surface area contributed by atoms with Gasteiger partial charge in [-0.3, -0.25) is 0 Å². The van der Waals surface area contributed by atoms with Crippen molar-refractivity contribution < 1.29 is 0 Å². The van der Waals surface area contributed by atoms with Gasteiger partial charge in [-0.1, -0.05) is 184 Å². The standard InChI is InChI=1S/C40H67P/c1-14-15-16-17-18-19-20-21-22-23-28-41(35-26-24-31(37(2,3)4)29-33(35)39(8,9)10)36-27-25-32(38(5,6)7)30-34(36)40(11,12)13/h24-27,29-30H,14-23,28H2,1-13H3. The lowest BCUT2D eigenvalue weighted by Crippen LogP contribution is -2.31. The SMILES string of the molecule is CCCCCCCCCCCCP(c1ccc(C(C)(C)C)cc1C(C)(C)C)c1ccc(C(C)(C)C)cc1C(C)(C)C. The molecule has 0 N–H and O–H groups in total. The van der Waals surface area contributed by atoms with Crippen LogP contribution in [0.3, 0.4) is 0 Å². The van der Waals surface area contributed by atoms with Crippen molar-refractivity contribution in [3.05, 3.63) is 58.7 Å². The second-order valence-electron chi connectivity index (χ2n) is 16.8. The maximum absolute atomic E-state index is 2.56. The fourth-order valence-corrected chi connectivity index (χ4v) is 8.98. The van der Waals surface area contributed by atoms with Crippen LogP contribution in [0.4, 0.5) is 0 Å². The van der Waals surface area contributed by atoms with Crippen molar-refractivity contribution in [2.75, 3.05) is 6.16 Å². The van der Waals surface area contributed by atoms with Gasteiger partial charge in [0, 0.05) is 0 Å². The van der Waals surface area contributed by atoms with Crippen LogP contribution in [0.15, 0.2) is 36.4 Å². The maximum Gasteiger partial charge on any atom is -0.0125 e. The first-order valence-corrected chi connectivity index (χ1v) is 18.5. The molecule has 2 aromatic carbocycles. The molecule has 2 rings (SSSR count). The van der Waals surface area contributed by atoms with E-state index in [-0.39, 0.29) is 21.7 Å². The average molecular weight is 579 g/mol. The van der Waals surface area contributed by atoms with E-state index in [1.165, 1.54) is 81.5 Å². The van der Waals surface area contributed by atoms with Gasteiger partial charge in [-0.05, 0) is 75.0 Å². The first-order valence-electron chi connectivity index (χ1n) is 16.9. The Bertz CT molecular complexity index is 986. The molecule has 0 amide bonds. The summed E-state index contributed by atoms with van der Waals surface area (Å²) in [6, 6.07) is 15.1. The number of unbranched alkanes of at least 4 members (excludes halogenated alkanes) is 9. The van der Waals surface area contributed by atoms with E-state index in [9.17, 15) is 0 Å².